The molecule has 8 heteroatoms. The third-order valence-corrected chi connectivity index (χ3v) is 4.10. The predicted molar refractivity (Wildman–Crippen MR) is 105 cm³/mol. The van der Waals surface area contributed by atoms with Crippen molar-refractivity contribution in [2.45, 2.75) is 0 Å². The van der Waals surface area contributed by atoms with E-state index in [1.54, 1.807) is 24.3 Å². The summed E-state index contributed by atoms with van der Waals surface area (Å²) in [6, 6.07) is 18.5. The van der Waals surface area contributed by atoms with Gasteiger partial charge in [0.25, 0.3) is 0 Å². The van der Waals surface area contributed by atoms with Crippen molar-refractivity contribution in [1.29, 1.82) is 0 Å². The van der Waals surface area contributed by atoms with Crippen LogP contribution in [-0.2, 0) is 11.3 Å². The van der Waals surface area contributed by atoms with Gasteiger partial charge < -0.3 is 20.3 Å². The van der Waals surface area contributed by atoms with Crippen LogP contribution in [0.3, 0.4) is 0 Å². The van der Waals surface area contributed by atoms with Crippen LogP contribution in [0.25, 0.3) is 10.8 Å². The number of benzene rings is 3. The molecule has 0 heterocycles. The van der Waals surface area contributed by atoms with E-state index in [4.69, 9.17) is 5.73 Å². The maximum atomic E-state index is 10.6. The maximum Gasteiger partial charge on any atom is 0.0936 e. The number of rotatable bonds is 7. The number of azo groups is 1. The molecule has 7 nitrogen and oxygen atoms in total. The highest BCUT2D eigenvalue weighted by Gasteiger charge is 2.05. The van der Waals surface area contributed by atoms with Crippen LogP contribution in [0.1, 0.15) is 0 Å². The van der Waals surface area contributed by atoms with Gasteiger partial charge >= 0.3 is 0 Å². The molecule has 3 aromatic carbocycles. The van der Waals surface area contributed by atoms with E-state index in [1.807, 2.05) is 36.4 Å². The summed E-state index contributed by atoms with van der Waals surface area (Å²) in [5.41, 5.74) is 8.42. The first-order valence-corrected chi connectivity index (χ1v) is 9.08. The maximum absolute atomic E-state index is 10.6. The van der Waals surface area contributed by atoms with E-state index in [0.717, 1.165) is 22.1 Å². The number of hydrogen-bond acceptors (Lipinski definition) is 6. The first kappa shape index (κ1) is 18.0. The fourth-order valence-corrected chi connectivity index (χ4v) is 2.86. The van der Waals surface area contributed by atoms with E-state index < -0.39 is 11.3 Å². The molecular formula is C18H18N5O2S-. The molecule has 1 atom stereocenters. The average molecular weight is 368 g/mol. The number of anilines is 2. The molecule has 1 unspecified atom stereocenters. The third kappa shape index (κ3) is 4.42. The molecule has 0 amide bonds. The van der Waals surface area contributed by atoms with E-state index in [1.165, 1.54) is 0 Å². The molecule has 26 heavy (non-hydrogen) atoms. The molecule has 3 aromatic rings. The zero-order valence-electron chi connectivity index (χ0n) is 13.9. The smallest absolute Gasteiger partial charge is 0.0936 e. The first-order chi connectivity index (χ1) is 12.7. The number of nitrogens with two attached hydrogens (primary N) is 1. The van der Waals surface area contributed by atoms with Crippen molar-refractivity contribution in [1.82, 2.24) is 0 Å². The van der Waals surface area contributed by atoms with Gasteiger partial charge in [0.05, 0.1) is 11.4 Å². The summed E-state index contributed by atoms with van der Waals surface area (Å²) in [6.07, 6.45) is 0. The fourth-order valence-electron chi connectivity index (χ4n) is 2.54. The standard InChI is InChI=1S/C18H19N5O2S/c19-11-12-20-17-9-10-18(16-4-2-1-3-15(16)17)22-21-13-5-7-14(8-6-13)23-26(24)25/h1-10,20,23H,11-12,19H2,(H,24,25)/p-1. The Kier molecular flexibility index (Phi) is 5.90. The summed E-state index contributed by atoms with van der Waals surface area (Å²) in [4.78, 5) is 0. The van der Waals surface area contributed by atoms with Crippen molar-refractivity contribution in [2.75, 3.05) is 23.1 Å². The SMILES string of the molecule is NCCNc1ccc(N=Nc2ccc(NS(=O)[O-])cc2)c2ccccc12. The molecule has 3 rings (SSSR count). The van der Waals surface area contributed by atoms with E-state index in [0.29, 0.717) is 24.5 Å². The molecule has 0 radical (unpaired) electrons. The molecule has 0 saturated heterocycles. The second-order valence-electron chi connectivity index (χ2n) is 5.48. The Bertz CT molecular complexity index is 944. The minimum atomic E-state index is -2.35. The molecule has 0 aliphatic heterocycles. The molecule has 0 bridgehead atoms. The number of fused-ring (bicyclic) bond motifs is 1. The normalized spacial score (nSPS) is 12.4. The van der Waals surface area contributed by atoms with Gasteiger partial charge in [-0.3, -0.25) is 4.21 Å². The molecule has 0 spiro atoms. The van der Waals surface area contributed by atoms with Gasteiger partial charge in [-0.1, -0.05) is 24.3 Å². The van der Waals surface area contributed by atoms with Crippen LogP contribution in [0.4, 0.5) is 22.7 Å². The molecule has 0 aromatic heterocycles. The van der Waals surface area contributed by atoms with Crippen LogP contribution < -0.4 is 15.8 Å². The zero-order chi connectivity index (χ0) is 18.4. The van der Waals surface area contributed by atoms with E-state index >= 15 is 0 Å². The van der Waals surface area contributed by atoms with Crippen molar-refractivity contribution in [3.8, 4) is 0 Å². The van der Waals surface area contributed by atoms with E-state index in [2.05, 4.69) is 20.3 Å². The topological polar surface area (TPSA) is 115 Å². The Morgan fingerprint density at radius 3 is 2.38 bits per heavy atom. The summed E-state index contributed by atoms with van der Waals surface area (Å²) in [5.74, 6) is 0. The highest BCUT2D eigenvalue weighted by atomic mass is 32.2. The highest BCUT2D eigenvalue weighted by Crippen LogP contribution is 2.32. The van der Waals surface area contributed by atoms with Crippen LogP contribution in [0.2, 0.25) is 0 Å². The minimum Gasteiger partial charge on any atom is -0.755 e. The quantitative estimate of drug-likeness (QED) is 0.434. The second-order valence-corrected chi connectivity index (χ2v) is 6.15. The fraction of sp³-hybridized carbons (Fsp3) is 0.111. The number of hydrogen-bond donors (Lipinski definition) is 3. The Morgan fingerprint density at radius 2 is 1.69 bits per heavy atom. The van der Waals surface area contributed by atoms with Gasteiger partial charge in [0.2, 0.25) is 0 Å². The van der Waals surface area contributed by atoms with Gasteiger partial charge in [0.1, 0.15) is 0 Å². The zero-order valence-corrected chi connectivity index (χ0v) is 14.7. The van der Waals surface area contributed by atoms with Gasteiger partial charge in [-0.25, -0.2) is 0 Å². The largest absolute Gasteiger partial charge is 0.755 e. The van der Waals surface area contributed by atoms with Gasteiger partial charge in [-0.2, -0.15) is 5.11 Å². The van der Waals surface area contributed by atoms with Crippen molar-refractivity contribution < 1.29 is 8.76 Å². The molecule has 0 aliphatic rings. The Balaban J connectivity index is 1.86. The molecule has 4 N–H and O–H groups in total. The Labute approximate surface area is 153 Å². The lowest BCUT2D eigenvalue weighted by Crippen LogP contribution is -2.13. The van der Waals surface area contributed by atoms with E-state index in [9.17, 15) is 8.76 Å². The highest BCUT2D eigenvalue weighted by molar-refractivity contribution is 7.80. The Morgan fingerprint density at radius 1 is 0.962 bits per heavy atom. The van der Waals surface area contributed by atoms with Gasteiger partial charge in [-0.15, -0.1) is 5.11 Å². The number of nitrogens with one attached hydrogen (secondary N) is 2. The number of nitrogens with zero attached hydrogens (tertiary/aromatic N) is 2. The van der Waals surface area contributed by atoms with E-state index in [-0.39, 0.29) is 0 Å². The molecule has 0 aliphatic carbocycles. The Hall–Kier alpha value is -2.81. The third-order valence-electron chi connectivity index (χ3n) is 3.70. The predicted octanol–water partition coefficient (Wildman–Crippen LogP) is 3.83. The van der Waals surface area contributed by atoms with Crippen molar-refractivity contribution in [3.05, 3.63) is 60.7 Å². The van der Waals surface area contributed by atoms with Crippen LogP contribution in [0.5, 0.6) is 0 Å². The van der Waals surface area contributed by atoms with Crippen molar-refractivity contribution in [2.24, 2.45) is 16.0 Å². The average Bonchev–Trinajstić information content (AvgIpc) is 2.66. The monoisotopic (exact) mass is 368 g/mol. The summed E-state index contributed by atoms with van der Waals surface area (Å²) >= 11 is -2.35. The first-order valence-electron chi connectivity index (χ1n) is 8.01. The van der Waals surface area contributed by atoms with Gasteiger partial charge in [-0.05, 0) is 36.4 Å². The second kappa shape index (κ2) is 8.52. The summed E-state index contributed by atoms with van der Waals surface area (Å²) in [7, 11) is 0. The summed E-state index contributed by atoms with van der Waals surface area (Å²) < 4.78 is 23.5. The molecular weight excluding hydrogens is 350 g/mol. The minimum absolute atomic E-state index is 0.470. The molecule has 0 saturated carbocycles. The molecule has 0 fully saturated rings. The van der Waals surface area contributed by atoms with Crippen LogP contribution in [-0.4, -0.2) is 21.9 Å². The lowest BCUT2D eigenvalue weighted by Gasteiger charge is -2.10. The van der Waals surface area contributed by atoms with Crippen molar-refractivity contribution >= 4 is 44.8 Å². The van der Waals surface area contributed by atoms with Gasteiger partial charge in [0.15, 0.2) is 0 Å². The van der Waals surface area contributed by atoms with Crippen LogP contribution in [0.15, 0.2) is 70.9 Å². The summed E-state index contributed by atoms with van der Waals surface area (Å²) in [5, 5.41) is 13.9. The van der Waals surface area contributed by atoms with Crippen LogP contribution >= 0.6 is 0 Å². The molecule has 134 valence electrons. The lowest BCUT2D eigenvalue weighted by atomic mass is 10.1. The summed E-state index contributed by atoms with van der Waals surface area (Å²) in [6.45, 7) is 1.25. The lowest BCUT2D eigenvalue weighted by molar-refractivity contribution is 0.542. The van der Waals surface area contributed by atoms with Crippen LogP contribution in [0, 0.1) is 0 Å². The van der Waals surface area contributed by atoms with Gasteiger partial charge in [0, 0.05) is 46.5 Å². The van der Waals surface area contributed by atoms with Crippen molar-refractivity contribution in [3.63, 3.8) is 0 Å².